The Balaban J connectivity index is 1.77. The molecule has 1 saturated heterocycles. The van der Waals surface area contributed by atoms with E-state index in [1.165, 1.54) is 0 Å². The normalized spacial score (nSPS) is 18.3. The van der Waals surface area contributed by atoms with Crippen LogP contribution in [0.4, 0.5) is 5.69 Å². The molecule has 2 aromatic rings. The first kappa shape index (κ1) is 14.1. The summed E-state index contributed by atoms with van der Waals surface area (Å²) >= 11 is 1.62. The molecule has 0 saturated carbocycles. The van der Waals surface area contributed by atoms with Gasteiger partial charge in [0.05, 0.1) is 12.0 Å². The van der Waals surface area contributed by atoms with E-state index >= 15 is 0 Å². The van der Waals surface area contributed by atoms with Gasteiger partial charge in [0, 0.05) is 26.3 Å². The van der Waals surface area contributed by atoms with E-state index in [4.69, 9.17) is 4.42 Å². The van der Waals surface area contributed by atoms with Crippen LogP contribution in [0.2, 0.25) is 0 Å². The predicted molar refractivity (Wildman–Crippen MR) is 85.2 cm³/mol. The Bertz CT molecular complexity index is 608. The molecule has 1 aliphatic heterocycles. The topological polar surface area (TPSA) is 36.7 Å². The van der Waals surface area contributed by atoms with Crippen LogP contribution in [0.15, 0.2) is 47.1 Å². The third-order valence-corrected chi connectivity index (χ3v) is 4.78. The molecule has 0 radical (unpaired) electrons. The predicted octanol–water partition coefficient (Wildman–Crippen LogP) is 3.12. The first-order chi connectivity index (χ1) is 10.1. The molecule has 5 heteroatoms. The zero-order chi connectivity index (χ0) is 14.8. The van der Waals surface area contributed by atoms with Gasteiger partial charge in [0.2, 0.25) is 5.91 Å². The maximum Gasteiger partial charge on any atom is 0.234 e. The number of nitrogens with zero attached hydrogens (tertiary/aromatic N) is 2. The minimum Gasteiger partial charge on any atom is -0.466 e. The molecule has 1 atom stereocenters. The number of furan rings is 1. The number of anilines is 1. The van der Waals surface area contributed by atoms with Crippen LogP contribution >= 0.6 is 11.8 Å². The van der Waals surface area contributed by atoms with Gasteiger partial charge < -0.3 is 14.2 Å². The van der Waals surface area contributed by atoms with Gasteiger partial charge in [-0.25, -0.2) is 0 Å². The van der Waals surface area contributed by atoms with Crippen LogP contribution in [0, 0.1) is 0 Å². The maximum atomic E-state index is 12.1. The highest BCUT2D eigenvalue weighted by atomic mass is 32.2. The third kappa shape index (κ3) is 2.93. The summed E-state index contributed by atoms with van der Waals surface area (Å²) in [7, 11) is 4.03. The molecule has 21 heavy (non-hydrogen) atoms. The number of rotatable bonds is 4. The Labute approximate surface area is 128 Å². The van der Waals surface area contributed by atoms with Gasteiger partial charge in [-0.3, -0.25) is 4.79 Å². The van der Waals surface area contributed by atoms with Gasteiger partial charge in [-0.05, 0) is 29.8 Å². The smallest absolute Gasteiger partial charge is 0.234 e. The Kier molecular flexibility index (Phi) is 3.92. The summed E-state index contributed by atoms with van der Waals surface area (Å²) in [6, 6.07) is 12.1. The largest absolute Gasteiger partial charge is 0.466 e. The highest BCUT2D eigenvalue weighted by molar-refractivity contribution is 8.00. The van der Waals surface area contributed by atoms with Crippen LogP contribution in [0.1, 0.15) is 16.7 Å². The summed E-state index contributed by atoms with van der Waals surface area (Å²) < 4.78 is 5.46. The average molecular weight is 302 g/mol. The van der Waals surface area contributed by atoms with Crippen molar-refractivity contribution in [1.29, 1.82) is 0 Å². The van der Waals surface area contributed by atoms with E-state index in [9.17, 15) is 4.79 Å². The fourth-order valence-electron chi connectivity index (χ4n) is 2.39. The Hall–Kier alpha value is -1.88. The quantitative estimate of drug-likeness (QED) is 0.869. The highest BCUT2D eigenvalue weighted by Gasteiger charge is 2.34. The van der Waals surface area contributed by atoms with E-state index in [-0.39, 0.29) is 11.3 Å². The van der Waals surface area contributed by atoms with Gasteiger partial charge in [-0.2, -0.15) is 0 Å². The van der Waals surface area contributed by atoms with E-state index in [1.54, 1.807) is 18.0 Å². The van der Waals surface area contributed by atoms with Crippen molar-refractivity contribution in [2.24, 2.45) is 0 Å². The van der Waals surface area contributed by atoms with Crippen molar-refractivity contribution in [2.75, 3.05) is 24.7 Å². The lowest BCUT2D eigenvalue weighted by atomic mass is 10.2. The molecule has 1 fully saturated rings. The van der Waals surface area contributed by atoms with Gasteiger partial charge in [-0.15, -0.1) is 11.8 Å². The van der Waals surface area contributed by atoms with Gasteiger partial charge >= 0.3 is 0 Å². The van der Waals surface area contributed by atoms with Crippen LogP contribution in [0.5, 0.6) is 0 Å². The minimum absolute atomic E-state index is 0.0129. The number of thioether (sulfide) groups is 1. The van der Waals surface area contributed by atoms with Crippen molar-refractivity contribution in [2.45, 2.75) is 11.9 Å². The number of hydrogen-bond donors (Lipinski definition) is 0. The van der Waals surface area contributed by atoms with E-state index in [0.29, 0.717) is 12.3 Å². The van der Waals surface area contributed by atoms with Crippen LogP contribution in [-0.4, -0.2) is 30.7 Å². The standard InChI is InChI=1S/C16H18N2O2S/c1-17(2)13-7-5-12(6-8-13)10-18-15(19)11-21-16(18)14-4-3-9-20-14/h3-9,16H,10-11H2,1-2H3. The number of hydrogen-bond acceptors (Lipinski definition) is 4. The van der Waals surface area contributed by atoms with Crippen molar-refractivity contribution >= 4 is 23.4 Å². The molecule has 110 valence electrons. The summed E-state index contributed by atoms with van der Waals surface area (Å²) in [5.41, 5.74) is 2.29. The summed E-state index contributed by atoms with van der Waals surface area (Å²) in [5.74, 6) is 1.52. The molecular weight excluding hydrogens is 284 g/mol. The molecule has 1 amide bonds. The molecule has 1 aromatic carbocycles. The Morgan fingerprint density at radius 1 is 1.29 bits per heavy atom. The second kappa shape index (κ2) is 5.85. The monoisotopic (exact) mass is 302 g/mol. The highest BCUT2D eigenvalue weighted by Crippen LogP contribution is 2.39. The molecule has 4 nitrogen and oxygen atoms in total. The first-order valence-electron chi connectivity index (χ1n) is 6.86. The molecule has 0 spiro atoms. The van der Waals surface area contributed by atoms with Crippen molar-refractivity contribution in [1.82, 2.24) is 4.90 Å². The van der Waals surface area contributed by atoms with E-state index < -0.39 is 0 Å². The molecule has 2 heterocycles. The second-order valence-electron chi connectivity index (χ2n) is 5.26. The number of carbonyl (C=O) groups is 1. The van der Waals surface area contributed by atoms with Crippen LogP contribution in [0.25, 0.3) is 0 Å². The van der Waals surface area contributed by atoms with Gasteiger partial charge in [0.1, 0.15) is 11.1 Å². The third-order valence-electron chi connectivity index (χ3n) is 3.56. The SMILES string of the molecule is CN(C)c1ccc(CN2C(=O)CSC2c2ccco2)cc1. The summed E-state index contributed by atoms with van der Waals surface area (Å²) in [6.07, 6.45) is 1.66. The van der Waals surface area contributed by atoms with Crippen molar-refractivity contribution in [3.8, 4) is 0 Å². The second-order valence-corrected chi connectivity index (χ2v) is 6.33. The first-order valence-corrected chi connectivity index (χ1v) is 7.91. The molecule has 0 bridgehead atoms. The molecule has 0 aliphatic carbocycles. The van der Waals surface area contributed by atoms with Crippen molar-refractivity contribution < 1.29 is 9.21 Å². The number of benzene rings is 1. The molecule has 1 aliphatic rings. The lowest BCUT2D eigenvalue weighted by molar-refractivity contribution is -0.128. The van der Waals surface area contributed by atoms with Crippen molar-refractivity contribution in [3.05, 3.63) is 54.0 Å². The molecule has 3 rings (SSSR count). The molecule has 1 aromatic heterocycles. The summed E-state index contributed by atoms with van der Waals surface area (Å²) in [5, 5.41) is -0.0129. The van der Waals surface area contributed by atoms with Crippen molar-refractivity contribution in [3.63, 3.8) is 0 Å². The van der Waals surface area contributed by atoms with E-state index in [1.807, 2.05) is 31.1 Å². The van der Waals surface area contributed by atoms with Crippen LogP contribution in [0.3, 0.4) is 0 Å². The van der Waals surface area contributed by atoms with Crippen LogP contribution in [-0.2, 0) is 11.3 Å². The van der Waals surface area contributed by atoms with Gasteiger partial charge in [0.15, 0.2) is 0 Å². The number of amides is 1. The fourth-order valence-corrected chi connectivity index (χ4v) is 3.53. The average Bonchev–Trinajstić information content (AvgIpc) is 3.10. The van der Waals surface area contributed by atoms with Gasteiger partial charge in [0.25, 0.3) is 0 Å². The summed E-state index contributed by atoms with van der Waals surface area (Å²) in [4.78, 5) is 16.1. The maximum absolute atomic E-state index is 12.1. The zero-order valence-electron chi connectivity index (χ0n) is 12.2. The lowest BCUT2D eigenvalue weighted by Gasteiger charge is -2.22. The van der Waals surface area contributed by atoms with E-state index in [2.05, 4.69) is 29.2 Å². The minimum atomic E-state index is -0.0129. The lowest BCUT2D eigenvalue weighted by Crippen LogP contribution is -2.27. The zero-order valence-corrected chi connectivity index (χ0v) is 13.0. The number of carbonyl (C=O) groups excluding carboxylic acids is 1. The Morgan fingerprint density at radius 3 is 2.67 bits per heavy atom. The molecule has 0 N–H and O–H groups in total. The fraction of sp³-hybridized carbons (Fsp3) is 0.312. The molecule has 1 unspecified atom stereocenters. The van der Waals surface area contributed by atoms with Crippen LogP contribution < -0.4 is 4.90 Å². The Morgan fingerprint density at radius 2 is 2.05 bits per heavy atom. The molecular formula is C16H18N2O2S. The summed E-state index contributed by atoms with van der Waals surface area (Å²) in [6.45, 7) is 0.616. The van der Waals surface area contributed by atoms with E-state index in [0.717, 1.165) is 17.0 Å². The van der Waals surface area contributed by atoms with Gasteiger partial charge in [-0.1, -0.05) is 12.1 Å².